The van der Waals surface area contributed by atoms with Crippen molar-refractivity contribution in [1.29, 1.82) is 0 Å². The van der Waals surface area contributed by atoms with Gasteiger partial charge in [-0.1, -0.05) is 6.07 Å². The van der Waals surface area contributed by atoms with Gasteiger partial charge in [-0.3, -0.25) is 19.6 Å². The van der Waals surface area contributed by atoms with Crippen LogP contribution in [0.2, 0.25) is 0 Å². The summed E-state index contributed by atoms with van der Waals surface area (Å²) in [6, 6.07) is 16.0. The molecule has 28 heavy (non-hydrogen) atoms. The first kappa shape index (κ1) is 19.0. The third-order valence-electron chi connectivity index (χ3n) is 4.05. The van der Waals surface area contributed by atoms with Crippen LogP contribution in [-0.2, 0) is 6.54 Å². The van der Waals surface area contributed by atoms with Crippen LogP contribution < -0.4 is 15.5 Å². The van der Waals surface area contributed by atoms with Crippen LogP contribution in [0.3, 0.4) is 0 Å². The Labute approximate surface area is 163 Å². The molecule has 2 aromatic heterocycles. The number of pyridine rings is 2. The molecule has 142 valence electrons. The second kappa shape index (κ2) is 8.77. The highest BCUT2D eigenvalue weighted by Gasteiger charge is 2.12. The second-order valence-corrected chi connectivity index (χ2v) is 6.33. The van der Waals surface area contributed by atoms with Gasteiger partial charge in [-0.15, -0.1) is 0 Å². The molecule has 0 unspecified atom stereocenters. The lowest BCUT2D eigenvalue weighted by atomic mass is 10.2. The largest absolute Gasteiger partial charge is 0.378 e. The van der Waals surface area contributed by atoms with Gasteiger partial charge in [0.05, 0.1) is 12.2 Å². The Morgan fingerprint density at radius 1 is 0.929 bits per heavy atom. The fraction of sp³-hybridized carbons (Fsp3) is 0.143. The summed E-state index contributed by atoms with van der Waals surface area (Å²) in [5.74, 6) is -0.672. The number of carbonyl (C=O) groups excluding carboxylic acids is 2. The maximum Gasteiger partial charge on any atom is 0.270 e. The minimum absolute atomic E-state index is 0.173. The van der Waals surface area contributed by atoms with Gasteiger partial charge in [-0.25, -0.2) is 0 Å². The van der Waals surface area contributed by atoms with Crippen LogP contribution in [0.1, 0.15) is 26.5 Å². The molecule has 0 aliphatic rings. The Morgan fingerprint density at radius 2 is 1.71 bits per heavy atom. The van der Waals surface area contributed by atoms with Gasteiger partial charge in [-0.05, 0) is 48.5 Å². The number of hydrogen-bond donors (Lipinski definition) is 2. The van der Waals surface area contributed by atoms with Crippen molar-refractivity contribution in [1.82, 2.24) is 15.3 Å². The summed E-state index contributed by atoms with van der Waals surface area (Å²) in [6.45, 7) is 0.288. The van der Waals surface area contributed by atoms with E-state index < -0.39 is 0 Å². The number of nitrogens with zero attached hydrogens (tertiary/aromatic N) is 3. The van der Waals surface area contributed by atoms with Crippen LogP contribution >= 0.6 is 0 Å². The van der Waals surface area contributed by atoms with Gasteiger partial charge >= 0.3 is 0 Å². The molecule has 2 heterocycles. The van der Waals surface area contributed by atoms with Crippen molar-refractivity contribution >= 4 is 23.2 Å². The molecule has 0 spiro atoms. The number of benzene rings is 1. The summed E-state index contributed by atoms with van der Waals surface area (Å²) in [7, 11) is 3.90. The predicted octanol–water partition coefficient (Wildman–Crippen LogP) is 2.72. The fourth-order valence-corrected chi connectivity index (χ4v) is 2.51. The maximum atomic E-state index is 12.5. The van der Waals surface area contributed by atoms with E-state index in [9.17, 15) is 9.59 Å². The lowest BCUT2D eigenvalue weighted by Crippen LogP contribution is -2.25. The van der Waals surface area contributed by atoms with E-state index in [0.717, 1.165) is 11.4 Å². The molecule has 0 radical (unpaired) electrons. The van der Waals surface area contributed by atoms with E-state index in [1.54, 1.807) is 12.3 Å². The Kier molecular flexibility index (Phi) is 5.96. The van der Waals surface area contributed by atoms with E-state index in [2.05, 4.69) is 20.6 Å². The first-order valence-electron chi connectivity index (χ1n) is 8.76. The maximum absolute atomic E-state index is 12.5. The van der Waals surface area contributed by atoms with Crippen molar-refractivity contribution in [2.24, 2.45) is 0 Å². The van der Waals surface area contributed by atoms with Crippen LogP contribution in [0, 0.1) is 0 Å². The topological polar surface area (TPSA) is 87.2 Å². The molecule has 0 saturated heterocycles. The summed E-state index contributed by atoms with van der Waals surface area (Å²) in [6.07, 6.45) is 3.11. The van der Waals surface area contributed by atoms with Gasteiger partial charge in [0.25, 0.3) is 11.8 Å². The van der Waals surface area contributed by atoms with E-state index in [0.29, 0.717) is 11.3 Å². The predicted molar refractivity (Wildman–Crippen MR) is 108 cm³/mol. The summed E-state index contributed by atoms with van der Waals surface area (Å²) in [5, 5.41) is 5.57. The van der Waals surface area contributed by atoms with Gasteiger partial charge < -0.3 is 15.5 Å². The molecule has 3 rings (SSSR count). The number of amides is 2. The first-order chi connectivity index (χ1) is 13.5. The molecule has 0 saturated carbocycles. The second-order valence-electron chi connectivity index (χ2n) is 6.33. The van der Waals surface area contributed by atoms with Gasteiger partial charge in [0, 0.05) is 43.4 Å². The number of anilines is 2. The summed E-state index contributed by atoms with van der Waals surface area (Å²) >= 11 is 0. The third kappa shape index (κ3) is 4.91. The molecule has 7 heteroatoms. The highest BCUT2D eigenvalue weighted by Crippen LogP contribution is 2.16. The normalized spacial score (nSPS) is 10.2. The van der Waals surface area contributed by atoms with E-state index in [1.165, 1.54) is 12.3 Å². The van der Waals surface area contributed by atoms with Crippen LogP contribution in [0.15, 0.2) is 67.0 Å². The van der Waals surface area contributed by atoms with Crippen LogP contribution in [0.4, 0.5) is 11.4 Å². The lowest BCUT2D eigenvalue weighted by molar-refractivity contribution is 0.0945. The van der Waals surface area contributed by atoms with Crippen molar-refractivity contribution < 1.29 is 9.59 Å². The van der Waals surface area contributed by atoms with Crippen molar-refractivity contribution in [3.63, 3.8) is 0 Å². The zero-order valence-corrected chi connectivity index (χ0v) is 15.7. The van der Waals surface area contributed by atoms with E-state index in [4.69, 9.17) is 0 Å². The monoisotopic (exact) mass is 375 g/mol. The van der Waals surface area contributed by atoms with Gasteiger partial charge in [-0.2, -0.15) is 0 Å². The lowest BCUT2D eigenvalue weighted by Gasteiger charge is -2.13. The number of nitrogens with one attached hydrogen (secondary N) is 2. The highest BCUT2D eigenvalue weighted by molar-refractivity contribution is 6.05. The van der Waals surface area contributed by atoms with Crippen LogP contribution in [0.25, 0.3) is 0 Å². The average Bonchev–Trinajstić information content (AvgIpc) is 2.73. The zero-order chi connectivity index (χ0) is 19.9. The smallest absolute Gasteiger partial charge is 0.270 e. The fourth-order valence-electron chi connectivity index (χ4n) is 2.51. The SMILES string of the molecule is CN(C)c1ccc(NC(=O)c2ccnc(C(=O)NCc3ccccn3)c2)cc1. The van der Waals surface area contributed by atoms with E-state index in [1.807, 2.05) is 61.5 Å². The number of carbonyl (C=O) groups is 2. The molecule has 0 bridgehead atoms. The van der Waals surface area contributed by atoms with Crippen LogP contribution in [0.5, 0.6) is 0 Å². The first-order valence-corrected chi connectivity index (χ1v) is 8.76. The zero-order valence-electron chi connectivity index (χ0n) is 15.7. The standard InChI is InChI=1S/C21H21N5O2/c1-26(2)18-8-6-16(7-9-18)25-20(27)15-10-12-23-19(13-15)21(28)24-14-17-5-3-4-11-22-17/h3-13H,14H2,1-2H3,(H,24,28)(H,25,27). The van der Waals surface area contributed by atoms with Crippen molar-refractivity contribution in [3.8, 4) is 0 Å². The quantitative estimate of drug-likeness (QED) is 0.692. The molecule has 0 atom stereocenters. The Morgan fingerprint density at radius 3 is 2.39 bits per heavy atom. The number of rotatable bonds is 6. The van der Waals surface area contributed by atoms with E-state index >= 15 is 0 Å². The summed E-state index contributed by atoms with van der Waals surface area (Å²) < 4.78 is 0. The number of aromatic nitrogens is 2. The van der Waals surface area contributed by atoms with Gasteiger partial charge in [0.2, 0.25) is 0 Å². The Bertz CT molecular complexity index is 956. The van der Waals surface area contributed by atoms with E-state index in [-0.39, 0.29) is 24.1 Å². The molecule has 1 aromatic carbocycles. The van der Waals surface area contributed by atoms with Crippen molar-refractivity contribution in [2.45, 2.75) is 6.54 Å². The third-order valence-corrected chi connectivity index (χ3v) is 4.05. The summed E-state index contributed by atoms with van der Waals surface area (Å²) in [5.41, 5.74) is 2.98. The molecule has 2 N–H and O–H groups in total. The Hall–Kier alpha value is -3.74. The molecule has 2 amide bonds. The van der Waals surface area contributed by atoms with Gasteiger partial charge in [0.1, 0.15) is 5.69 Å². The molecule has 0 aliphatic carbocycles. The van der Waals surface area contributed by atoms with Crippen molar-refractivity contribution in [3.05, 3.63) is 83.9 Å². The number of hydrogen-bond acceptors (Lipinski definition) is 5. The molecule has 0 fully saturated rings. The minimum atomic E-state index is -0.365. The highest BCUT2D eigenvalue weighted by atomic mass is 16.2. The Balaban J connectivity index is 1.64. The molecule has 3 aromatic rings. The summed E-state index contributed by atoms with van der Waals surface area (Å²) in [4.78, 5) is 35.0. The van der Waals surface area contributed by atoms with Crippen LogP contribution in [-0.4, -0.2) is 35.9 Å². The molecule has 0 aliphatic heterocycles. The van der Waals surface area contributed by atoms with Crippen molar-refractivity contribution in [2.75, 3.05) is 24.3 Å². The molecular formula is C21H21N5O2. The van der Waals surface area contributed by atoms with Gasteiger partial charge in [0.15, 0.2) is 0 Å². The average molecular weight is 375 g/mol. The molecule has 7 nitrogen and oxygen atoms in total. The minimum Gasteiger partial charge on any atom is -0.378 e. The molecular weight excluding hydrogens is 354 g/mol.